The molecule has 0 radical (unpaired) electrons. The molecule has 0 atom stereocenters. The van der Waals surface area contributed by atoms with Crippen LogP contribution in [0.2, 0.25) is 0 Å². The molecule has 0 fully saturated rings. The number of aromatic nitrogens is 1. The molecule has 1 aliphatic rings. The van der Waals surface area contributed by atoms with Gasteiger partial charge < -0.3 is 10.1 Å². The second kappa shape index (κ2) is 4.12. The van der Waals surface area contributed by atoms with Gasteiger partial charge >= 0.3 is 0 Å². The van der Waals surface area contributed by atoms with Crippen LogP contribution in [-0.2, 0) is 0 Å². The molecular weight excluding hydrogens is 164 g/mol. The highest BCUT2D eigenvalue weighted by molar-refractivity contribution is 5.46. The molecule has 2 rings (SSSR count). The summed E-state index contributed by atoms with van der Waals surface area (Å²) in [4.78, 5) is 7.15. The Balaban J connectivity index is 0.000000396. The van der Waals surface area contributed by atoms with Gasteiger partial charge in [-0.2, -0.15) is 0 Å². The molecule has 3 nitrogen and oxygen atoms in total. The van der Waals surface area contributed by atoms with E-state index in [-0.39, 0.29) is 0 Å². The summed E-state index contributed by atoms with van der Waals surface area (Å²) in [7, 11) is 0. The van der Waals surface area contributed by atoms with Gasteiger partial charge in [0.05, 0.1) is 5.22 Å². The minimum Gasteiger partial charge on any atom is -0.506 e. The molecule has 0 spiro atoms. The van der Waals surface area contributed by atoms with Crippen LogP contribution in [0.25, 0.3) is 5.57 Å². The van der Waals surface area contributed by atoms with Crippen LogP contribution in [0.15, 0.2) is 11.2 Å². The molecule has 3 heteroatoms. The number of nitrogens with zero attached hydrogens (tertiary/aromatic N) is 1. The van der Waals surface area contributed by atoms with E-state index in [0.717, 1.165) is 23.7 Å². The average molecular weight is 180 g/mol. The van der Waals surface area contributed by atoms with E-state index in [1.165, 1.54) is 5.57 Å². The van der Waals surface area contributed by atoms with Crippen LogP contribution in [0.4, 0.5) is 0 Å². The van der Waals surface area contributed by atoms with Crippen LogP contribution in [0.3, 0.4) is 0 Å². The molecule has 0 bridgehead atoms. The Morgan fingerprint density at radius 2 is 2.15 bits per heavy atom. The van der Waals surface area contributed by atoms with E-state index in [0.29, 0.717) is 5.75 Å². The van der Waals surface area contributed by atoms with E-state index in [9.17, 15) is 5.11 Å². The average Bonchev–Trinajstić information content (AvgIpc) is 2.53. The lowest BCUT2D eigenvalue weighted by molar-refractivity contribution is 0.471. The van der Waals surface area contributed by atoms with E-state index < -0.39 is 0 Å². The highest BCUT2D eigenvalue weighted by Crippen LogP contribution is 2.04. The molecule has 0 unspecified atom stereocenters. The second-order valence-corrected chi connectivity index (χ2v) is 2.81. The lowest BCUT2D eigenvalue weighted by atomic mass is 10.1. The molecule has 1 aromatic rings. The fraction of sp³-hybridized carbons (Fsp3) is 0.500. The van der Waals surface area contributed by atoms with Gasteiger partial charge in [-0.3, -0.25) is 4.99 Å². The maximum Gasteiger partial charge on any atom is 0.142 e. The highest BCUT2D eigenvalue weighted by Gasteiger charge is 2.05. The first-order chi connectivity index (χ1) is 6.29. The molecule has 1 aliphatic heterocycles. The van der Waals surface area contributed by atoms with Crippen LogP contribution in [0.5, 0.6) is 5.75 Å². The first-order valence-corrected chi connectivity index (χ1v) is 4.69. The monoisotopic (exact) mass is 180 g/mol. The van der Waals surface area contributed by atoms with Gasteiger partial charge in [0.2, 0.25) is 0 Å². The van der Waals surface area contributed by atoms with Crippen molar-refractivity contribution in [2.45, 2.75) is 27.2 Å². The number of hydrogen-bond acceptors (Lipinski definition) is 2. The summed E-state index contributed by atoms with van der Waals surface area (Å²) in [5, 5.41) is 10.3. The topological polar surface area (TPSA) is 48.4 Å². The molecule has 0 saturated heterocycles. The van der Waals surface area contributed by atoms with Crippen molar-refractivity contribution in [1.82, 2.24) is 4.98 Å². The van der Waals surface area contributed by atoms with Crippen molar-refractivity contribution in [2.24, 2.45) is 4.99 Å². The first kappa shape index (κ1) is 9.84. The van der Waals surface area contributed by atoms with Crippen molar-refractivity contribution in [3.05, 3.63) is 16.9 Å². The lowest BCUT2D eigenvalue weighted by Gasteiger charge is -2.01. The summed E-state index contributed by atoms with van der Waals surface area (Å²) in [5.74, 6) is 0.320. The largest absolute Gasteiger partial charge is 0.506 e. The third-order valence-corrected chi connectivity index (χ3v) is 2.02. The molecule has 0 amide bonds. The van der Waals surface area contributed by atoms with Gasteiger partial charge in [-0.25, -0.2) is 0 Å². The van der Waals surface area contributed by atoms with Crippen molar-refractivity contribution < 1.29 is 5.11 Å². The Morgan fingerprint density at radius 1 is 1.46 bits per heavy atom. The van der Waals surface area contributed by atoms with Crippen LogP contribution >= 0.6 is 0 Å². The van der Waals surface area contributed by atoms with E-state index >= 15 is 0 Å². The number of rotatable bonds is 0. The molecule has 72 valence electrons. The fourth-order valence-electron chi connectivity index (χ4n) is 1.41. The minimum absolute atomic E-state index is 0.320. The third-order valence-electron chi connectivity index (χ3n) is 2.02. The Morgan fingerprint density at radius 3 is 2.77 bits per heavy atom. The smallest absolute Gasteiger partial charge is 0.142 e. The summed E-state index contributed by atoms with van der Waals surface area (Å²) < 4.78 is 0. The lowest BCUT2D eigenvalue weighted by Crippen LogP contribution is -2.28. The fourth-order valence-corrected chi connectivity index (χ4v) is 1.41. The van der Waals surface area contributed by atoms with E-state index in [1.807, 2.05) is 20.8 Å². The normalized spacial score (nSPS) is 13.9. The Labute approximate surface area is 77.8 Å². The van der Waals surface area contributed by atoms with E-state index in [4.69, 9.17) is 0 Å². The predicted molar refractivity (Wildman–Crippen MR) is 53.2 cm³/mol. The van der Waals surface area contributed by atoms with Gasteiger partial charge in [-0.15, -0.1) is 0 Å². The summed E-state index contributed by atoms with van der Waals surface area (Å²) in [6.07, 6.45) is 2.54. The quantitative estimate of drug-likeness (QED) is 0.613. The second-order valence-electron chi connectivity index (χ2n) is 2.81. The number of fused-ring (bicyclic) bond motifs is 1. The number of aromatic hydroxyl groups is 1. The molecule has 2 N–H and O–H groups in total. The van der Waals surface area contributed by atoms with Crippen molar-refractivity contribution in [2.75, 3.05) is 6.54 Å². The van der Waals surface area contributed by atoms with Gasteiger partial charge in [0.25, 0.3) is 0 Å². The Hall–Kier alpha value is -1.25. The van der Waals surface area contributed by atoms with Gasteiger partial charge in [0.15, 0.2) is 0 Å². The molecule has 0 saturated carbocycles. The van der Waals surface area contributed by atoms with Gasteiger partial charge in [0, 0.05) is 12.7 Å². The van der Waals surface area contributed by atoms with Crippen molar-refractivity contribution >= 4 is 5.57 Å². The first-order valence-electron chi connectivity index (χ1n) is 4.69. The van der Waals surface area contributed by atoms with Crippen molar-refractivity contribution in [3.8, 4) is 5.75 Å². The molecule has 1 aromatic heterocycles. The molecular formula is C10H16N2O. The summed E-state index contributed by atoms with van der Waals surface area (Å²) in [6.45, 7) is 6.86. The number of hydrogen-bond donors (Lipinski definition) is 2. The summed E-state index contributed by atoms with van der Waals surface area (Å²) in [6, 6.07) is 0. The molecule has 2 heterocycles. The van der Waals surface area contributed by atoms with Crippen LogP contribution in [0.1, 0.15) is 27.2 Å². The zero-order valence-electron chi connectivity index (χ0n) is 8.39. The minimum atomic E-state index is 0.320. The van der Waals surface area contributed by atoms with Crippen LogP contribution in [0, 0.1) is 0 Å². The van der Waals surface area contributed by atoms with Crippen LogP contribution < -0.4 is 10.7 Å². The molecule has 0 aliphatic carbocycles. The SMILES string of the molecule is CC.CC1=c2c(O)c[nH]c2=NCC1. The van der Waals surface area contributed by atoms with Crippen molar-refractivity contribution in [1.29, 1.82) is 0 Å². The van der Waals surface area contributed by atoms with Gasteiger partial charge in [-0.1, -0.05) is 19.4 Å². The zero-order chi connectivity index (χ0) is 9.84. The maximum atomic E-state index is 9.35. The summed E-state index contributed by atoms with van der Waals surface area (Å²) >= 11 is 0. The van der Waals surface area contributed by atoms with E-state index in [1.54, 1.807) is 6.20 Å². The van der Waals surface area contributed by atoms with Crippen molar-refractivity contribution in [3.63, 3.8) is 0 Å². The van der Waals surface area contributed by atoms with Gasteiger partial charge in [-0.05, 0) is 13.3 Å². The molecule has 0 aromatic carbocycles. The number of nitrogens with one attached hydrogen (secondary N) is 1. The van der Waals surface area contributed by atoms with E-state index in [2.05, 4.69) is 9.98 Å². The number of H-pyrrole nitrogens is 1. The standard InChI is InChI=1S/C8H10N2O.C2H6/c1-5-2-3-9-8-7(5)6(11)4-10-8;1-2/h4,11H,2-3H2,1H3,(H,9,10);1-2H3. The number of aromatic amines is 1. The zero-order valence-corrected chi connectivity index (χ0v) is 8.39. The Kier molecular flexibility index (Phi) is 3.12. The third kappa shape index (κ3) is 1.74. The summed E-state index contributed by atoms with van der Waals surface area (Å²) in [5.41, 5.74) is 2.04. The predicted octanol–water partition coefficient (Wildman–Crippen LogP) is 0.940. The highest BCUT2D eigenvalue weighted by atomic mass is 16.3. The van der Waals surface area contributed by atoms with Crippen LogP contribution in [-0.4, -0.2) is 16.6 Å². The van der Waals surface area contributed by atoms with Gasteiger partial charge in [0.1, 0.15) is 11.2 Å². The maximum absolute atomic E-state index is 9.35. The molecule has 13 heavy (non-hydrogen) atoms. The Bertz CT molecular complexity index is 390.